The van der Waals surface area contributed by atoms with E-state index in [-0.39, 0.29) is 11.7 Å². The largest absolute Gasteiger partial charge is 0.325 e. The van der Waals surface area contributed by atoms with Crippen LogP contribution in [0.25, 0.3) is 0 Å². The van der Waals surface area contributed by atoms with Gasteiger partial charge in [0.25, 0.3) is 0 Å². The molecule has 31 heavy (non-hydrogen) atoms. The van der Waals surface area contributed by atoms with E-state index in [4.69, 9.17) is 21.6 Å². The number of carbonyl (C=O) groups is 1. The third-order valence-electron chi connectivity index (χ3n) is 5.02. The molecule has 0 unspecified atom stereocenters. The molecule has 1 heterocycles. The molecule has 0 radical (unpaired) electrons. The molecule has 0 bridgehead atoms. The van der Waals surface area contributed by atoms with Gasteiger partial charge in [0, 0.05) is 17.1 Å². The Bertz CT molecular complexity index is 1200. The Hall–Kier alpha value is -2.89. The van der Waals surface area contributed by atoms with Gasteiger partial charge in [-0.2, -0.15) is 0 Å². The standard InChI is InChI=1S/C25H22ClN3OS/c1-16-10-11-20(12-17(16)2)27-24(30)15-31-25-14-23(18-6-5-7-19(26)13-18)28-21-8-3-4-9-22(21)29-25/h3-13H,14-15H2,1-2H3,(H,27,30). The van der Waals surface area contributed by atoms with Crippen LogP contribution >= 0.6 is 23.4 Å². The molecule has 1 N–H and O–H groups in total. The number of halogens is 1. The Balaban J connectivity index is 1.52. The monoisotopic (exact) mass is 447 g/mol. The van der Waals surface area contributed by atoms with E-state index in [0.717, 1.165) is 38.9 Å². The van der Waals surface area contributed by atoms with Crippen LogP contribution in [0.5, 0.6) is 0 Å². The molecule has 0 aromatic heterocycles. The van der Waals surface area contributed by atoms with Crippen LogP contribution in [0.4, 0.5) is 17.1 Å². The van der Waals surface area contributed by atoms with E-state index >= 15 is 0 Å². The zero-order chi connectivity index (χ0) is 21.8. The zero-order valence-corrected chi connectivity index (χ0v) is 18.9. The normalized spacial score (nSPS) is 13.0. The van der Waals surface area contributed by atoms with Gasteiger partial charge in [0.1, 0.15) is 0 Å². The third kappa shape index (κ3) is 5.43. The Kier molecular flexibility index (Phi) is 6.54. The number of para-hydroxylation sites is 2. The molecule has 0 aliphatic carbocycles. The highest BCUT2D eigenvalue weighted by Crippen LogP contribution is 2.33. The van der Waals surface area contributed by atoms with Crippen molar-refractivity contribution in [1.29, 1.82) is 0 Å². The summed E-state index contributed by atoms with van der Waals surface area (Å²) in [6.45, 7) is 4.09. The molecule has 4 nitrogen and oxygen atoms in total. The minimum absolute atomic E-state index is 0.0604. The van der Waals surface area contributed by atoms with Gasteiger partial charge in [-0.1, -0.05) is 41.9 Å². The number of benzene rings is 3. The van der Waals surface area contributed by atoms with Crippen LogP contribution in [0.2, 0.25) is 5.02 Å². The maximum absolute atomic E-state index is 12.5. The average molecular weight is 448 g/mol. The molecule has 3 aromatic carbocycles. The fourth-order valence-corrected chi connectivity index (χ4v) is 4.20. The lowest BCUT2D eigenvalue weighted by Gasteiger charge is -2.09. The van der Waals surface area contributed by atoms with Crippen molar-refractivity contribution in [3.8, 4) is 0 Å². The summed E-state index contributed by atoms with van der Waals surface area (Å²) in [6, 6.07) is 21.4. The lowest BCUT2D eigenvalue weighted by molar-refractivity contribution is -0.113. The fourth-order valence-electron chi connectivity index (χ4n) is 3.24. The molecule has 0 saturated heterocycles. The molecule has 0 fully saturated rings. The summed E-state index contributed by atoms with van der Waals surface area (Å²) < 4.78 is 0. The molecule has 1 aliphatic heterocycles. The van der Waals surface area contributed by atoms with Crippen molar-refractivity contribution >= 4 is 57.1 Å². The van der Waals surface area contributed by atoms with Gasteiger partial charge in [-0.25, -0.2) is 4.99 Å². The van der Waals surface area contributed by atoms with Crippen LogP contribution in [0, 0.1) is 13.8 Å². The van der Waals surface area contributed by atoms with Crippen molar-refractivity contribution < 1.29 is 4.79 Å². The van der Waals surface area contributed by atoms with E-state index in [1.54, 1.807) is 0 Å². The van der Waals surface area contributed by atoms with Gasteiger partial charge in [0.2, 0.25) is 5.91 Å². The SMILES string of the molecule is Cc1ccc(NC(=O)CSC2=Nc3ccccc3N=C(c3cccc(Cl)c3)C2)cc1C. The number of rotatable bonds is 4. The van der Waals surface area contributed by atoms with Crippen LogP contribution in [0.15, 0.2) is 76.7 Å². The number of amides is 1. The number of nitrogens with zero attached hydrogens (tertiary/aromatic N) is 2. The molecule has 3 aromatic rings. The summed E-state index contributed by atoms with van der Waals surface area (Å²) in [7, 11) is 0. The Morgan fingerprint density at radius 1 is 0.968 bits per heavy atom. The van der Waals surface area contributed by atoms with Crippen molar-refractivity contribution in [2.45, 2.75) is 20.3 Å². The van der Waals surface area contributed by atoms with Crippen LogP contribution in [0.1, 0.15) is 23.1 Å². The number of carbonyl (C=O) groups excluding carboxylic acids is 1. The highest BCUT2D eigenvalue weighted by Gasteiger charge is 2.17. The number of fused-ring (bicyclic) bond motifs is 1. The fraction of sp³-hybridized carbons (Fsp3) is 0.160. The van der Waals surface area contributed by atoms with Crippen molar-refractivity contribution in [2.24, 2.45) is 9.98 Å². The zero-order valence-electron chi connectivity index (χ0n) is 17.4. The molecule has 6 heteroatoms. The van der Waals surface area contributed by atoms with E-state index in [9.17, 15) is 4.79 Å². The van der Waals surface area contributed by atoms with Gasteiger partial charge in [-0.3, -0.25) is 9.79 Å². The van der Waals surface area contributed by atoms with E-state index in [1.807, 2.05) is 73.7 Å². The highest BCUT2D eigenvalue weighted by molar-refractivity contribution is 8.14. The van der Waals surface area contributed by atoms with Crippen LogP contribution in [-0.2, 0) is 4.79 Å². The first kappa shape index (κ1) is 21.3. The van der Waals surface area contributed by atoms with E-state index in [0.29, 0.717) is 11.4 Å². The average Bonchev–Trinajstić information content (AvgIpc) is 2.94. The van der Waals surface area contributed by atoms with Gasteiger partial charge < -0.3 is 5.32 Å². The second kappa shape index (κ2) is 9.50. The summed E-state index contributed by atoms with van der Waals surface area (Å²) >= 11 is 7.63. The Labute approximate surface area is 191 Å². The molecule has 0 saturated carbocycles. The minimum atomic E-state index is -0.0604. The van der Waals surface area contributed by atoms with Gasteiger partial charge in [-0.05, 0) is 66.9 Å². The van der Waals surface area contributed by atoms with Crippen molar-refractivity contribution in [3.05, 3.63) is 88.4 Å². The summed E-state index contributed by atoms with van der Waals surface area (Å²) in [4.78, 5) is 22.2. The first-order valence-electron chi connectivity index (χ1n) is 9.98. The topological polar surface area (TPSA) is 53.8 Å². The maximum atomic E-state index is 12.5. The van der Waals surface area contributed by atoms with Crippen LogP contribution in [-0.4, -0.2) is 22.4 Å². The molecular formula is C25H22ClN3OS. The highest BCUT2D eigenvalue weighted by atomic mass is 35.5. The van der Waals surface area contributed by atoms with Gasteiger partial charge >= 0.3 is 0 Å². The molecular weight excluding hydrogens is 426 g/mol. The van der Waals surface area contributed by atoms with Gasteiger partial charge in [0.15, 0.2) is 0 Å². The maximum Gasteiger partial charge on any atom is 0.234 e. The lowest BCUT2D eigenvalue weighted by atomic mass is 10.1. The number of nitrogens with one attached hydrogen (secondary N) is 1. The molecule has 1 amide bonds. The second-order valence-corrected chi connectivity index (χ2v) is 8.86. The number of aliphatic imine (C=N–C) groups is 2. The van der Waals surface area contributed by atoms with Gasteiger partial charge in [0.05, 0.1) is 27.9 Å². The van der Waals surface area contributed by atoms with Crippen molar-refractivity contribution in [3.63, 3.8) is 0 Å². The van der Waals surface area contributed by atoms with E-state index in [2.05, 4.69) is 12.2 Å². The first-order valence-corrected chi connectivity index (χ1v) is 11.3. The van der Waals surface area contributed by atoms with Crippen LogP contribution in [0.3, 0.4) is 0 Å². The minimum Gasteiger partial charge on any atom is -0.325 e. The summed E-state index contributed by atoms with van der Waals surface area (Å²) in [5.74, 6) is 0.214. The Morgan fingerprint density at radius 2 is 1.74 bits per heavy atom. The van der Waals surface area contributed by atoms with Crippen LogP contribution < -0.4 is 5.32 Å². The number of anilines is 1. The molecule has 0 spiro atoms. The molecule has 4 rings (SSSR count). The third-order valence-corrected chi connectivity index (χ3v) is 6.23. The van der Waals surface area contributed by atoms with Crippen molar-refractivity contribution in [1.82, 2.24) is 0 Å². The predicted octanol–water partition coefficient (Wildman–Crippen LogP) is 6.88. The number of aryl methyl sites for hydroxylation is 2. The smallest absolute Gasteiger partial charge is 0.234 e. The molecule has 156 valence electrons. The van der Waals surface area contributed by atoms with E-state index < -0.39 is 0 Å². The number of thioether (sulfide) groups is 1. The lowest BCUT2D eigenvalue weighted by Crippen LogP contribution is -2.16. The summed E-state index contributed by atoms with van der Waals surface area (Å²) in [5.41, 5.74) is 6.61. The summed E-state index contributed by atoms with van der Waals surface area (Å²) in [5, 5.41) is 4.48. The second-order valence-electron chi connectivity index (χ2n) is 7.38. The number of hydrogen-bond acceptors (Lipinski definition) is 4. The number of hydrogen-bond donors (Lipinski definition) is 1. The predicted molar refractivity (Wildman–Crippen MR) is 133 cm³/mol. The van der Waals surface area contributed by atoms with Crippen molar-refractivity contribution in [2.75, 3.05) is 11.1 Å². The molecule has 0 atom stereocenters. The summed E-state index contributed by atoms with van der Waals surface area (Å²) in [6.07, 6.45) is 0.538. The first-order chi connectivity index (χ1) is 15.0. The van der Waals surface area contributed by atoms with E-state index in [1.165, 1.54) is 17.3 Å². The van der Waals surface area contributed by atoms with Gasteiger partial charge in [-0.15, -0.1) is 11.8 Å². The molecule has 1 aliphatic rings. The quantitative estimate of drug-likeness (QED) is 0.473. The Morgan fingerprint density at radius 3 is 2.48 bits per heavy atom.